The Morgan fingerprint density at radius 1 is 1.08 bits per heavy atom. The maximum absolute atomic E-state index is 12.1. The van der Waals surface area contributed by atoms with Crippen LogP contribution in [0.1, 0.15) is 5.56 Å². The summed E-state index contributed by atoms with van der Waals surface area (Å²) >= 11 is 0. The Kier molecular flexibility index (Phi) is 5.88. The van der Waals surface area contributed by atoms with Gasteiger partial charge < -0.3 is 9.88 Å². The van der Waals surface area contributed by atoms with Crippen molar-refractivity contribution in [2.45, 2.75) is 18.4 Å². The molecule has 0 aliphatic rings. The van der Waals surface area contributed by atoms with Gasteiger partial charge in [0.05, 0.1) is 4.90 Å². The number of hydrogen-bond acceptors (Lipinski definition) is 4. The predicted octanol–water partition coefficient (Wildman–Crippen LogP) is 0.251. The Hall–Kier alpha value is -2.45. The second kappa shape index (κ2) is 7.89. The third-order valence-electron chi connectivity index (χ3n) is 3.28. The summed E-state index contributed by atoms with van der Waals surface area (Å²) in [5.74, 6) is -0.363. The van der Waals surface area contributed by atoms with Crippen LogP contribution in [0.4, 0.5) is 0 Å². The molecule has 1 aromatic heterocycles. The highest BCUT2D eigenvalue weighted by molar-refractivity contribution is 7.89. The molecule has 2 rings (SSSR count). The van der Waals surface area contributed by atoms with Crippen LogP contribution in [0.5, 0.6) is 0 Å². The van der Waals surface area contributed by atoms with Crippen LogP contribution in [0, 0.1) is 6.92 Å². The molecule has 0 aliphatic carbocycles. The molecule has 8 heteroatoms. The zero-order valence-corrected chi connectivity index (χ0v) is 14.0. The van der Waals surface area contributed by atoms with Crippen LogP contribution in [0.3, 0.4) is 0 Å². The lowest BCUT2D eigenvalue weighted by molar-refractivity contribution is -0.121. The van der Waals surface area contributed by atoms with Gasteiger partial charge in [-0.3, -0.25) is 9.59 Å². The van der Waals surface area contributed by atoms with Crippen LogP contribution in [0.25, 0.3) is 0 Å². The molecule has 1 aromatic carbocycles. The van der Waals surface area contributed by atoms with Crippen molar-refractivity contribution in [3.05, 3.63) is 64.6 Å². The molecule has 0 bridgehead atoms. The Bertz CT molecular complexity index is 857. The quantitative estimate of drug-likeness (QED) is 0.700. The molecule has 0 spiro atoms. The van der Waals surface area contributed by atoms with Crippen molar-refractivity contribution in [2.75, 3.05) is 13.1 Å². The minimum Gasteiger partial charge on any atom is -0.353 e. The number of carbonyl (C=O) groups excluding carboxylic acids is 1. The average Bonchev–Trinajstić information content (AvgIpc) is 2.54. The molecule has 0 saturated carbocycles. The standard InChI is InChI=1S/C16H19N3O4S/c1-13-5-7-14(8-6-13)24(22,23)18-10-9-17-15(20)12-19-11-3-2-4-16(19)21/h2-8,11,18H,9-10,12H2,1H3,(H,17,20). The first kappa shape index (κ1) is 17.9. The third kappa shape index (κ3) is 5.04. The van der Waals surface area contributed by atoms with E-state index in [4.69, 9.17) is 0 Å². The van der Waals surface area contributed by atoms with Crippen LogP contribution < -0.4 is 15.6 Å². The number of carbonyl (C=O) groups is 1. The summed E-state index contributed by atoms with van der Waals surface area (Å²) in [5, 5.41) is 2.57. The molecule has 0 radical (unpaired) electrons. The van der Waals surface area contributed by atoms with E-state index < -0.39 is 10.0 Å². The normalized spacial score (nSPS) is 11.2. The van der Waals surface area contributed by atoms with Gasteiger partial charge in [0.15, 0.2) is 0 Å². The van der Waals surface area contributed by atoms with Crippen LogP contribution in [-0.2, 0) is 21.4 Å². The van der Waals surface area contributed by atoms with E-state index >= 15 is 0 Å². The van der Waals surface area contributed by atoms with Crippen molar-refractivity contribution in [1.82, 2.24) is 14.6 Å². The van der Waals surface area contributed by atoms with Gasteiger partial charge >= 0.3 is 0 Å². The molecule has 0 atom stereocenters. The number of aromatic nitrogens is 1. The fourth-order valence-corrected chi connectivity index (χ4v) is 3.02. The van der Waals surface area contributed by atoms with E-state index in [1.54, 1.807) is 24.3 Å². The maximum atomic E-state index is 12.1. The summed E-state index contributed by atoms with van der Waals surface area (Å²) in [5.41, 5.74) is 0.699. The van der Waals surface area contributed by atoms with Gasteiger partial charge in [-0.15, -0.1) is 0 Å². The summed E-state index contributed by atoms with van der Waals surface area (Å²) in [6.07, 6.45) is 1.52. The number of aryl methyl sites for hydroxylation is 1. The molecule has 24 heavy (non-hydrogen) atoms. The van der Waals surface area contributed by atoms with Gasteiger partial charge in [-0.25, -0.2) is 13.1 Å². The van der Waals surface area contributed by atoms with E-state index in [1.807, 2.05) is 6.92 Å². The van der Waals surface area contributed by atoms with Crippen molar-refractivity contribution in [3.8, 4) is 0 Å². The molecule has 2 aromatic rings. The van der Waals surface area contributed by atoms with Gasteiger partial charge in [-0.2, -0.15) is 0 Å². The molecule has 0 fully saturated rings. The number of benzene rings is 1. The number of pyridine rings is 1. The first-order chi connectivity index (χ1) is 11.4. The fraction of sp³-hybridized carbons (Fsp3) is 0.250. The van der Waals surface area contributed by atoms with Crippen molar-refractivity contribution in [3.63, 3.8) is 0 Å². The highest BCUT2D eigenvalue weighted by Crippen LogP contribution is 2.09. The number of nitrogens with one attached hydrogen (secondary N) is 2. The Morgan fingerprint density at radius 2 is 1.79 bits per heavy atom. The zero-order valence-electron chi connectivity index (χ0n) is 13.2. The number of hydrogen-bond donors (Lipinski definition) is 2. The molecular formula is C16H19N3O4S. The van der Waals surface area contributed by atoms with Gasteiger partial charge in [0.25, 0.3) is 5.56 Å². The van der Waals surface area contributed by atoms with E-state index in [1.165, 1.54) is 29.0 Å². The van der Waals surface area contributed by atoms with Gasteiger partial charge in [0, 0.05) is 25.4 Å². The molecular weight excluding hydrogens is 330 g/mol. The monoisotopic (exact) mass is 349 g/mol. The summed E-state index contributed by atoms with van der Waals surface area (Å²) in [7, 11) is -3.60. The first-order valence-corrected chi connectivity index (χ1v) is 8.85. The number of sulfonamides is 1. The minimum absolute atomic E-state index is 0.0611. The van der Waals surface area contributed by atoms with Gasteiger partial charge in [0.1, 0.15) is 6.54 Å². The van der Waals surface area contributed by atoms with E-state index in [0.29, 0.717) is 0 Å². The smallest absolute Gasteiger partial charge is 0.250 e. The molecule has 2 N–H and O–H groups in total. The van der Waals surface area contributed by atoms with E-state index in [9.17, 15) is 18.0 Å². The second-order valence-electron chi connectivity index (χ2n) is 5.23. The summed E-state index contributed by atoms with van der Waals surface area (Å²) < 4.78 is 27.8. The molecule has 0 unspecified atom stereocenters. The maximum Gasteiger partial charge on any atom is 0.250 e. The van der Waals surface area contributed by atoms with E-state index in [-0.39, 0.29) is 36.0 Å². The first-order valence-electron chi connectivity index (χ1n) is 7.37. The van der Waals surface area contributed by atoms with Gasteiger partial charge in [-0.1, -0.05) is 23.8 Å². The average molecular weight is 349 g/mol. The Balaban J connectivity index is 1.80. The highest BCUT2D eigenvalue weighted by atomic mass is 32.2. The third-order valence-corrected chi connectivity index (χ3v) is 4.76. The molecule has 128 valence electrons. The van der Waals surface area contributed by atoms with Gasteiger partial charge in [0.2, 0.25) is 15.9 Å². The lowest BCUT2D eigenvalue weighted by atomic mass is 10.2. The van der Waals surface area contributed by atoms with Crippen molar-refractivity contribution in [1.29, 1.82) is 0 Å². The Labute approximate surface area is 140 Å². The fourth-order valence-electron chi connectivity index (χ4n) is 1.99. The Morgan fingerprint density at radius 3 is 2.46 bits per heavy atom. The molecule has 1 heterocycles. The molecule has 7 nitrogen and oxygen atoms in total. The lowest BCUT2D eigenvalue weighted by Gasteiger charge is -2.09. The van der Waals surface area contributed by atoms with Crippen molar-refractivity contribution < 1.29 is 13.2 Å². The van der Waals surface area contributed by atoms with Crippen LogP contribution >= 0.6 is 0 Å². The minimum atomic E-state index is -3.60. The predicted molar refractivity (Wildman–Crippen MR) is 90.1 cm³/mol. The van der Waals surface area contributed by atoms with Crippen LogP contribution in [0.2, 0.25) is 0 Å². The lowest BCUT2D eigenvalue weighted by Crippen LogP contribution is -2.37. The van der Waals surface area contributed by atoms with Gasteiger partial charge in [-0.05, 0) is 25.1 Å². The number of nitrogens with zero attached hydrogens (tertiary/aromatic N) is 1. The summed E-state index contributed by atoms with van der Waals surface area (Å²) in [6, 6.07) is 11.1. The SMILES string of the molecule is Cc1ccc(S(=O)(=O)NCCNC(=O)Cn2ccccc2=O)cc1. The topological polar surface area (TPSA) is 97.3 Å². The molecule has 1 amide bonds. The van der Waals surface area contributed by atoms with E-state index in [2.05, 4.69) is 10.0 Å². The molecule has 0 aliphatic heterocycles. The van der Waals surface area contributed by atoms with Crippen molar-refractivity contribution >= 4 is 15.9 Å². The van der Waals surface area contributed by atoms with Crippen LogP contribution in [-0.4, -0.2) is 32.0 Å². The number of amides is 1. The summed E-state index contributed by atoms with van der Waals surface area (Å²) in [4.78, 5) is 23.4. The van der Waals surface area contributed by atoms with Crippen LogP contribution in [0.15, 0.2) is 58.4 Å². The zero-order chi connectivity index (χ0) is 17.6. The largest absolute Gasteiger partial charge is 0.353 e. The molecule has 0 saturated heterocycles. The second-order valence-corrected chi connectivity index (χ2v) is 6.99. The summed E-state index contributed by atoms with van der Waals surface area (Å²) in [6.45, 7) is 1.96. The van der Waals surface area contributed by atoms with E-state index in [0.717, 1.165) is 5.56 Å². The van der Waals surface area contributed by atoms with Crippen molar-refractivity contribution in [2.24, 2.45) is 0 Å². The highest BCUT2D eigenvalue weighted by Gasteiger charge is 2.12. The number of rotatable bonds is 7.